The van der Waals surface area contributed by atoms with Crippen LogP contribution < -0.4 is 10.1 Å². The van der Waals surface area contributed by atoms with E-state index in [4.69, 9.17) is 9.47 Å². The molecule has 1 N–H and O–H groups in total. The molecule has 0 spiro atoms. The minimum Gasteiger partial charge on any atom is -0.496 e. The lowest BCUT2D eigenvalue weighted by Crippen LogP contribution is -2.43. The van der Waals surface area contributed by atoms with Crippen molar-refractivity contribution in [2.24, 2.45) is 0 Å². The standard InChI is InChI=1S/C23H27N3O5/c1-16-7-6-10-24-18(16)15-25-20(27)13-23(17-8-4-5-9-19(17)31-3)14-21(28)26(22(23)29)11-12-30-2/h4-10H,11-15H2,1-3H3,(H,25,27)/t23-/m1/s1. The summed E-state index contributed by atoms with van der Waals surface area (Å²) in [6, 6.07) is 10.8. The van der Waals surface area contributed by atoms with Crippen LogP contribution in [0.2, 0.25) is 0 Å². The van der Waals surface area contributed by atoms with Crippen molar-refractivity contribution in [1.29, 1.82) is 0 Å². The number of carbonyl (C=O) groups excluding carboxylic acids is 3. The lowest BCUT2D eigenvalue weighted by Gasteiger charge is -2.28. The second-order valence-electron chi connectivity index (χ2n) is 7.52. The Morgan fingerprint density at radius 1 is 1.19 bits per heavy atom. The molecule has 0 unspecified atom stereocenters. The van der Waals surface area contributed by atoms with E-state index < -0.39 is 11.3 Å². The Hall–Kier alpha value is -3.26. The van der Waals surface area contributed by atoms with Gasteiger partial charge in [-0.2, -0.15) is 0 Å². The maximum atomic E-state index is 13.5. The molecule has 0 bridgehead atoms. The van der Waals surface area contributed by atoms with Gasteiger partial charge in [0.2, 0.25) is 17.7 Å². The fourth-order valence-corrected chi connectivity index (χ4v) is 3.92. The van der Waals surface area contributed by atoms with Crippen LogP contribution in [0.5, 0.6) is 5.75 Å². The monoisotopic (exact) mass is 425 g/mol. The van der Waals surface area contributed by atoms with Crippen molar-refractivity contribution in [3.05, 3.63) is 59.4 Å². The van der Waals surface area contributed by atoms with E-state index in [1.165, 1.54) is 19.1 Å². The first-order chi connectivity index (χ1) is 14.9. The summed E-state index contributed by atoms with van der Waals surface area (Å²) in [7, 11) is 3.01. The summed E-state index contributed by atoms with van der Waals surface area (Å²) in [6.45, 7) is 2.52. The van der Waals surface area contributed by atoms with Gasteiger partial charge in [0.15, 0.2) is 0 Å². The summed E-state index contributed by atoms with van der Waals surface area (Å²) in [6.07, 6.45) is 1.39. The number of nitrogens with one attached hydrogen (secondary N) is 1. The van der Waals surface area contributed by atoms with Crippen LogP contribution in [0.25, 0.3) is 0 Å². The SMILES string of the molecule is COCCN1C(=O)C[C@](CC(=O)NCc2ncccc2C)(c2ccccc2OC)C1=O. The van der Waals surface area contributed by atoms with Gasteiger partial charge in [0.05, 0.1) is 37.9 Å². The molecule has 0 radical (unpaired) electrons. The molecule has 1 aliphatic rings. The zero-order valence-electron chi connectivity index (χ0n) is 18.0. The topological polar surface area (TPSA) is 97.8 Å². The van der Waals surface area contributed by atoms with Crippen LogP contribution in [0, 0.1) is 6.92 Å². The van der Waals surface area contributed by atoms with E-state index in [2.05, 4.69) is 10.3 Å². The minimum absolute atomic E-state index is 0.105. The van der Waals surface area contributed by atoms with Gasteiger partial charge in [-0.15, -0.1) is 0 Å². The number of hydrogen-bond acceptors (Lipinski definition) is 6. The Labute approximate surface area is 181 Å². The molecule has 1 atom stereocenters. The highest BCUT2D eigenvalue weighted by Crippen LogP contribution is 2.43. The molecule has 3 amide bonds. The van der Waals surface area contributed by atoms with Crippen LogP contribution in [-0.2, 0) is 31.1 Å². The largest absolute Gasteiger partial charge is 0.496 e. The number of pyridine rings is 1. The molecule has 164 valence electrons. The molecule has 1 saturated heterocycles. The quantitative estimate of drug-likeness (QED) is 0.615. The summed E-state index contributed by atoms with van der Waals surface area (Å²) < 4.78 is 10.5. The fourth-order valence-electron chi connectivity index (χ4n) is 3.92. The Balaban J connectivity index is 1.90. The van der Waals surface area contributed by atoms with E-state index in [1.807, 2.05) is 19.1 Å². The van der Waals surface area contributed by atoms with Gasteiger partial charge in [0.1, 0.15) is 5.75 Å². The molecule has 1 aliphatic heterocycles. The highest BCUT2D eigenvalue weighted by Gasteiger charge is 2.54. The number of nitrogens with zero attached hydrogens (tertiary/aromatic N) is 2. The number of carbonyl (C=O) groups is 3. The third kappa shape index (κ3) is 4.59. The van der Waals surface area contributed by atoms with Gasteiger partial charge < -0.3 is 14.8 Å². The second kappa shape index (κ2) is 9.70. The smallest absolute Gasteiger partial charge is 0.241 e. The normalized spacial score (nSPS) is 18.4. The van der Waals surface area contributed by atoms with E-state index in [-0.39, 0.29) is 44.4 Å². The highest BCUT2D eigenvalue weighted by atomic mass is 16.5. The molecular weight excluding hydrogens is 398 g/mol. The zero-order valence-corrected chi connectivity index (χ0v) is 18.0. The molecule has 2 aromatic rings. The Bertz CT molecular complexity index is 977. The van der Waals surface area contributed by atoms with Crippen molar-refractivity contribution >= 4 is 17.7 Å². The summed E-state index contributed by atoms with van der Waals surface area (Å²) in [5, 5.41) is 2.84. The summed E-state index contributed by atoms with van der Waals surface area (Å²) >= 11 is 0. The molecule has 31 heavy (non-hydrogen) atoms. The number of benzene rings is 1. The van der Waals surface area contributed by atoms with Gasteiger partial charge in [-0.05, 0) is 24.6 Å². The van der Waals surface area contributed by atoms with Crippen molar-refractivity contribution < 1.29 is 23.9 Å². The van der Waals surface area contributed by atoms with Crippen molar-refractivity contribution in [3.8, 4) is 5.75 Å². The number of imide groups is 1. The van der Waals surface area contributed by atoms with Crippen LogP contribution in [0.15, 0.2) is 42.6 Å². The van der Waals surface area contributed by atoms with Gasteiger partial charge >= 0.3 is 0 Å². The van der Waals surface area contributed by atoms with Crippen LogP contribution in [0.1, 0.15) is 29.7 Å². The molecular formula is C23H27N3O5. The van der Waals surface area contributed by atoms with E-state index in [0.717, 1.165) is 11.3 Å². The molecule has 8 heteroatoms. The predicted octanol–water partition coefficient (Wildman–Crippen LogP) is 1.75. The third-order valence-corrected chi connectivity index (χ3v) is 5.58. The average Bonchev–Trinajstić information content (AvgIpc) is 3.01. The second-order valence-corrected chi connectivity index (χ2v) is 7.52. The number of aryl methyl sites for hydroxylation is 1. The first kappa shape index (κ1) is 22.4. The van der Waals surface area contributed by atoms with Gasteiger partial charge in [-0.25, -0.2) is 0 Å². The van der Waals surface area contributed by atoms with Crippen LogP contribution in [-0.4, -0.2) is 55.0 Å². The number of amides is 3. The lowest BCUT2D eigenvalue weighted by molar-refractivity contribution is -0.141. The maximum Gasteiger partial charge on any atom is 0.241 e. The van der Waals surface area contributed by atoms with Crippen molar-refractivity contribution in [2.45, 2.75) is 31.7 Å². The molecule has 1 aromatic heterocycles. The van der Waals surface area contributed by atoms with E-state index in [1.54, 1.807) is 30.5 Å². The van der Waals surface area contributed by atoms with Crippen molar-refractivity contribution in [2.75, 3.05) is 27.4 Å². The van der Waals surface area contributed by atoms with Gasteiger partial charge in [0.25, 0.3) is 0 Å². The third-order valence-electron chi connectivity index (χ3n) is 5.58. The number of aromatic nitrogens is 1. The van der Waals surface area contributed by atoms with Crippen LogP contribution in [0.4, 0.5) is 0 Å². The Kier molecular flexibility index (Phi) is 7.02. The number of hydrogen-bond donors (Lipinski definition) is 1. The van der Waals surface area contributed by atoms with Gasteiger partial charge in [0, 0.05) is 31.7 Å². The van der Waals surface area contributed by atoms with E-state index in [9.17, 15) is 14.4 Å². The molecule has 1 fully saturated rings. The molecule has 8 nitrogen and oxygen atoms in total. The average molecular weight is 425 g/mol. The molecule has 3 rings (SSSR count). The number of para-hydroxylation sites is 1. The molecule has 0 aliphatic carbocycles. The highest BCUT2D eigenvalue weighted by molar-refractivity contribution is 6.11. The predicted molar refractivity (Wildman–Crippen MR) is 113 cm³/mol. The van der Waals surface area contributed by atoms with Crippen molar-refractivity contribution in [3.63, 3.8) is 0 Å². The number of rotatable bonds is 9. The Morgan fingerprint density at radius 2 is 1.97 bits per heavy atom. The molecule has 2 heterocycles. The maximum absolute atomic E-state index is 13.5. The number of likely N-dealkylation sites (tertiary alicyclic amines) is 1. The van der Waals surface area contributed by atoms with Crippen molar-refractivity contribution in [1.82, 2.24) is 15.2 Å². The van der Waals surface area contributed by atoms with Gasteiger partial charge in [-0.1, -0.05) is 24.3 Å². The first-order valence-electron chi connectivity index (χ1n) is 10.1. The Morgan fingerprint density at radius 3 is 2.68 bits per heavy atom. The number of methoxy groups -OCH3 is 2. The minimum atomic E-state index is -1.33. The van der Waals surface area contributed by atoms with Gasteiger partial charge in [-0.3, -0.25) is 24.3 Å². The number of ether oxygens (including phenoxy) is 2. The molecule has 0 saturated carbocycles. The van der Waals surface area contributed by atoms with E-state index in [0.29, 0.717) is 11.3 Å². The van der Waals surface area contributed by atoms with E-state index >= 15 is 0 Å². The van der Waals surface area contributed by atoms with Crippen LogP contribution in [0.3, 0.4) is 0 Å². The zero-order chi connectivity index (χ0) is 22.4. The van der Waals surface area contributed by atoms with Crippen LogP contribution >= 0.6 is 0 Å². The summed E-state index contributed by atoms with van der Waals surface area (Å²) in [5.74, 6) is -0.624. The molecule has 1 aromatic carbocycles. The lowest BCUT2D eigenvalue weighted by atomic mass is 9.75. The first-order valence-corrected chi connectivity index (χ1v) is 10.1. The fraction of sp³-hybridized carbons (Fsp3) is 0.391. The summed E-state index contributed by atoms with van der Waals surface area (Å²) in [5.41, 5.74) is 0.901. The summed E-state index contributed by atoms with van der Waals surface area (Å²) in [4.78, 5) is 44.6.